The molecule has 5 nitrogen and oxygen atoms in total. The van der Waals surface area contributed by atoms with Gasteiger partial charge in [-0.2, -0.15) is 0 Å². The third kappa shape index (κ3) is 4.79. The predicted molar refractivity (Wildman–Crippen MR) is 93.4 cm³/mol. The van der Waals surface area contributed by atoms with Crippen molar-refractivity contribution in [2.24, 2.45) is 0 Å². The lowest BCUT2D eigenvalue weighted by Gasteiger charge is -2.04. The van der Waals surface area contributed by atoms with Gasteiger partial charge in [0.25, 0.3) is 0 Å². The van der Waals surface area contributed by atoms with E-state index in [1.54, 1.807) is 10.9 Å². The third-order valence-electron chi connectivity index (χ3n) is 3.61. The highest BCUT2D eigenvalue weighted by atomic mass is 16.5. The zero-order valence-corrected chi connectivity index (χ0v) is 13.8. The number of carbonyl (C=O) groups excluding carboxylic acids is 1. The number of nitrogens with zero attached hydrogens (tertiary/aromatic N) is 3. The molecule has 0 spiro atoms. The highest BCUT2D eigenvalue weighted by molar-refractivity contribution is 5.89. The molecule has 124 valence electrons. The number of aromatic nitrogens is 3. The van der Waals surface area contributed by atoms with E-state index in [4.69, 9.17) is 4.74 Å². The molecule has 0 amide bonds. The van der Waals surface area contributed by atoms with Crippen LogP contribution in [-0.2, 0) is 22.7 Å². The Kier molecular flexibility index (Phi) is 5.22. The van der Waals surface area contributed by atoms with Gasteiger partial charge in [0, 0.05) is 11.5 Å². The molecule has 0 saturated carbocycles. The molecule has 0 bridgehead atoms. The average Bonchev–Trinajstić information content (AvgIpc) is 3.08. The highest BCUT2D eigenvalue weighted by Crippen LogP contribution is 2.09. The Bertz CT molecular complexity index is 921. The molecule has 3 aromatic rings. The van der Waals surface area contributed by atoms with E-state index in [9.17, 15) is 4.79 Å². The summed E-state index contributed by atoms with van der Waals surface area (Å²) in [5.74, 6) is 4.63. The molecular weight excluding hydrogens is 314 g/mol. The second kappa shape index (κ2) is 7.93. The summed E-state index contributed by atoms with van der Waals surface area (Å²) in [6, 6.07) is 17.4. The molecule has 0 N–H and O–H groups in total. The number of hydrogen-bond donors (Lipinski definition) is 0. The van der Waals surface area contributed by atoms with E-state index < -0.39 is 5.97 Å². The zero-order chi connectivity index (χ0) is 17.5. The Morgan fingerprint density at radius 1 is 1.12 bits per heavy atom. The second-order valence-corrected chi connectivity index (χ2v) is 5.53. The van der Waals surface area contributed by atoms with Crippen LogP contribution in [0.1, 0.15) is 22.4 Å². The van der Waals surface area contributed by atoms with Gasteiger partial charge in [-0.1, -0.05) is 53.6 Å². The standard InChI is InChI=1S/C20H17N3O2/c1-16-7-5-6-10-18(16)13-23-14-19(21-22-23)15-25-20(24)12-11-17-8-3-2-4-9-17/h2-10,14H,13,15H2,1H3. The van der Waals surface area contributed by atoms with E-state index in [0.717, 1.165) is 5.56 Å². The summed E-state index contributed by atoms with van der Waals surface area (Å²) in [5.41, 5.74) is 3.72. The van der Waals surface area contributed by atoms with Crippen LogP contribution in [0.2, 0.25) is 0 Å². The smallest absolute Gasteiger partial charge is 0.385 e. The first-order chi connectivity index (χ1) is 12.2. The predicted octanol–water partition coefficient (Wildman–Crippen LogP) is 2.73. The van der Waals surface area contributed by atoms with Gasteiger partial charge in [0.05, 0.1) is 12.7 Å². The number of carbonyl (C=O) groups is 1. The second-order valence-electron chi connectivity index (χ2n) is 5.53. The number of benzene rings is 2. The van der Waals surface area contributed by atoms with Crippen LogP contribution in [0.15, 0.2) is 60.8 Å². The monoisotopic (exact) mass is 331 g/mol. The first kappa shape index (κ1) is 16.5. The van der Waals surface area contributed by atoms with Gasteiger partial charge in [-0.25, -0.2) is 9.48 Å². The Labute approximate surface area is 146 Å². The fourth-order valence-electron chi connectivity index (χ4n) is 2.26. The molecule has 1 aromatic heterocycles. The molecule has 0 radical (unpaired) electrons. The normalized spacial score (nSPS) is 9.96. The quantitative estimate of drug-likeness (QED) is 0.545. The SMILES string of the molecule is Cc1ccccc1Cn1cc(COC(=O)C#Cc2ccccc2)nn1. The Morgan fingerprint density at radius 3 is 2.68 bits per heavy atom. The van der Waals surface area contributed by atoms with Gasteiger partial charge in [-0.05, 0) is 30.2 Å². The molecule has 0 aliphatic rings. The zero-order valence-electron chi connectivity index (χ0n) is 13.8. The van der Waals surface area contributed by atoms with Gasteiger partial charge in [0.2, 0.25) is 0 Å². The van der Waals surface area contributed by atoms with Gasteiger partial charge in [0.1, 0.15) is 12.3 Å². The van der Waals surface area contributed by atoms with Crippen molar-refractivity contribution in [3.63, 3.8) is 0 Å². The molecule has 0 aliphatic carbocycles. The summed E-state index contributed by atoms with van der Waals surface area (Å²) in [4.78, 5) is 11.7. The number of esters is 1. The number of rotatable bonds is 4. The first-order valence-corrected chi connectivity index (χ1v) is 7.88. The summed E-state index contributed by atoms with van der Waals surface area (Å²) in [6.45, 7) is 2.73. The van der Waals surface area contributed by atoms with Gasteiger partial charge in [0.15, 0.2) is 0 Å². The van der Waals surface area contributed by atoms with E-state index in [0.29, 0.717) is 12.2 Å². The fraction of sp³-hybridized carbons (Fsp3) is 0.150. The topological polar surface area (TPSA) is 57.0 Å². The minimum Gasteiger partial charge on any atom is -0.449 e. The summed E-state index contributed by atoms with van der Waals surface area (Å²) in [5, 5.41) is 8.08. The maximum atomic E-state index is 11.7. The molecule has 0 aliphatic heterocycles. The fourth-order valence-corrected chi connectivity index (χ4v) is 2.26. The van der Waals surface area contributed by atoms with E-state index >= 15 is 0 Å². The van der Waals surface area contributed by atoms with Crippen molar-refractivity contribution in [3.05, 3.63) is 83.2 Å². The minimum atomic E-state index is -0.586. The lowest BCUT2D eigenvalue weighted by molar-refractivity contribution is -0.138. The number of hydrogen-bond acceptors (Lipinski definition) is 4. The lowest BCUT2D eigenvalue weighted by atomic mass is 10.1. The molecule has 0 unspecified atom stereocenters. The third-order valence-corrected chi connectivity index (χ3v) is 3.61. The van der Waals surface area contributed by atoms with Crippen LogP contribution >= 0.6 is 0 Å². The summed E-state index contributed by atoms with van der Waals surface area (Å²) < 4.78 is 6.83. The lowest BCUT2D eigenvalue weighted by Crippen LogP contribution is -2.02. The Morgan fingerprint density at radius 2 is 1.88 bits per heavy atom. The van der Waals surface area contributed by atoms with Crippen molar-refractivity contribution in [1.29, 1.82) is 0 Å². The van der Waals surface area contributed by atoms with Gasteiger partial charge < -0.3 is 4.74 Å². The molecular formula is C20H17N3O2. The van der Waals surface area contributed by atoms with Crippen LogP contribution in [0, 0.1) is 18.8 Å². The summed E-state index contributed by atoms with van der Waals surface area (Å²) >= 11 is 0. The largest absolute Gasteiger partial charge is 0.449 e. The summed E-state index contributed by atoms with van der Waals surface area (Å²) in [7, 11) is 0. The maximum absolute atomic E-state index is 11.7. The summed E-state index contributed by atoms with van der Waals surface area (Å²) in [6.07, 6.45) is 1.77. The molecule has 5 heteroatoms. The number of ether oxygens (including phenoxy) is 1. The average molecular weight is 331 g/mol. The van der Waals surface area contributed by atoms with Crippen LogP contribution in [0.4, 0.5) is 0 Å². The van der Waals surface area contributed by atoms with Crippen LogP contribution in [0.5, 0.6) is 0 Å². The molecule has 25 heavy (non-hydrogen) atoms. The van der Waals surface area contributed by atoms with E-state index in [-0.39, 0.29) is 6.61 Å². The molecule has 2 aromatic carbocycles. The Balaban J connectivity index is 1.54. The van der Waals surface area contributed by atoms with Gasteiger partial charge in [-0.15, -0.1) is 5.10 Å². The highest BCUT2D eigenvalue weighted by Gasteiger charge is 2.05. The first-order valence-electron chi connectivity index (χ1n) is 7.88. The van der Waals surface area contributed by atoms with Crippen molar-refractivity contribution in [2.45, 2.75) is 20.1 Å². The maximum Gasteiger partial charge on any atom is 0.385 e. The van der Waals surface area contributed by atoms with Gasteiger partial charge in [-0.3, -0.25) is 0 Å². The van der Waals surface area contributed by atoms with E-state index in [1.807, 2.05) is 42.5 Å². The van der Waals surface area contributed by atoms with Crippen LogP contribution < -0.4 is 0 Å². The van der Waals surface area contributed by atoms with Crippen molar-refractivity contribution in [2.75, 3.05) is 0 Å². The van der Waals surface area contributed by atoms with Crippen LogP contribution in [0.25, 0.3) is 0 Å². The van der Waals surface area contributed by atoms with Crippen molar-refractivity contribution in [1.82, 2.24) is 15.0 Å². The molecule has 0 atom stereocenters. The number of aryl methyl sites for hydroxylation is 1. The van der Waals surface area contributed by atoms with Gasteiger partial charge >= 0.3 is 5.97 Å². The van der Waals surface area contributed by atoms with Crippen molar-refractivity contribution in [3.8, 4) is 11.8 Å². The van der Waals surface area contributed by atoms with E-state index in [1.165, 1.54) is 11.1 Å². The molecule has 3 rings (SSSR count). The van der Waals surface area contributed by atoms with Crippen LogP contribution in [0.3, 0.4) is 0 Å². The van der Waals surface area contributed by atoms with Crippen LogP contribution in [-0.4, -0.2) is 21.0 Å². The Hall–Kier alpha value is -3.39. The van der Waals surface area contributed by atoms with Crippen molar-refractivity contribution >= 4 is 5.97 Å². The van der Waals surface area contributed by atoms with Crippen molar-refractivity contribution < 1.29 is 9.53 Å². The minimum absolute atomic E-state index is 0.0517. The van der Waals surface area contributed by atoms with E-state index in [2.05, 4.69) is 41.2 Å². The molecule has 1 heterocycles. The molecule has 0 saturated heterocycles. The molecule has 0 fully saturated rings.